The minimum Gasteiger partial charge on any atom is -0.289 e. The lowest BCUT2D eigenvalue weighted by molar-refractivity contribution is 0.104. The third-order valence-electron chi connectivity index (χ3n) is 2.34. The van der Waals surface area contributed by atoms with Crippen molar-refractivity contribution in [3.05, 3.63) is 72.9 Å². The predicted molar refractivity (Wildman–Crippen MR) is 73.1 cm³/mol. The first kappa shape index (κ1) is 13.2. The van der Waals surface area contributed by atoms with Gasteiger partial charge in [-0.2, -0.15) is 0 Å². The van der Waals surface area contributed by atoms with Crippen LogP contribution in [0.25, 0.3) is 0 Å². The lowest BCUT2D eigenvalue weighted by Crippen LogP contribution is -1.92. The second-order valence-corrected chi connectivity index (χ2v) is 3.73. The Kier molecular flexibility index (Phi) is 6.42. The normalized spacial score (nSPS) is 11.1. The first-order valence-corrected chi connectivity index (χ1v) is 5.88. The van der Waals surface area contributed by atoms with Gasteiger partial charge < -0.3 is 0 Å². The van der Waals surface area contributed by atoms with Gasteiger partial charge in [-0.15, -0.1) is 0 Å². The van der Waals surface area contributed by atoms with Crippen LogP contribution in [0, 0.1) is 0 Å². The molecule has 17 heavy (non-hydrogen) atoms. The van der Waals surface area contributed by atoms with Gasteiger partial charge in [0.05, 0.1) is 0 Å². The molecule has 0 heterocycles. The number of ketones is 1. The van der Waals surface area contributed by atoms with Crippen LogP contribution in [0.4, 0.5) is 0 Å². The lowest BCUT2D eigenvalue weighted by atomic mass is 10.1. The summed E-state index contributed by atoms with van der Waals surface area (Å²) in [5.41, 5.74) is 0.746. The summed E-state index contributed by atoms with van der Waals surface area (Å²) in [5, 5.41) is 0. The van der Waals surface area contributed by atoms with E-state index in [1.54, 1.807) is 12.2 Å². The van der Waals surface area contributed by atoms with E-state index in [0.29, 0.717) is 0 Å². The predicted octanol–water partition coefficient (Wildman–Crippen LogP) is 4.34. The third-order valence-corrected chi connectivity index (χ3v) is 2.34. The molecule has 0 amide bonds. The molecule has 0 aliphatic heterocycles. The van der Waals surface area contributed by atoms with Crippen molar-refractivity contribution in [2.45, 2.75) is 19.3 Å². The van der Waals surface area contributed by atoms with Crippen molar-refractivity contribution in [3.63, 3.8) is 0 Å². The van der Waals surface area contributed by atoms with E-state index < -0.39 is 0 Å². The molecule has 0 saturated carbocycles. The Morgan fingerprint density at radius 1 is 1.12 bits per heavy atom. The highest BCUT2D eigenvalue weighted by Gasteiger charge is 1.97. The zero-order chi connectivity index (χ0) is 12.3. The van der Waals surface area contributed by atoms with Crippen molar-refractivity contribution in [1.82, 2.24) is 0 Å². The molecule has 88 valence electrons. The third kappa shape index (κ3) is 5.67. The fraction of sp³-hybridized carbons (Fsp3) is 0.188. The Bertz CT molecular complexity index is 399. The summed E-state index contributed by atoms with van der Waals surface area (Å²) in [5.74, 6) is 0.0761. The van der Waals surface area contributed by atoms with Gasteiger partial charge >= 0.3 is 0 Å². The maximum Gasteiger partial charge on any atom is 0.185 e. The van der Waals surface area contributed by atoms with E-state index in [1.807, 2.05) is 42.5 Å². The van der Waals surface area contributed by atoms with Gasteiger partial charge in [-0.05, 0) is 25.3 Å². The van der Waals surface area contributed by atoms with Gasteiger partial charge in [0.25, 0.3) is 0 Å². The average Bonchev–Trinajstić information content (AvgIpc) is 2.38. The topological polar surface area (TPSA) is 17.1 Å². The number of allylic oxidation sites excluding steroid dienone is 5. The lowest BCUT2D eigenvalue weighted by Gasteiger charge is -1.94. The molecule has 0 unspecified atom stereocenters. The first-order valence-electron chi connectivity index (χ1n) is 5.88. The highest BCUT2D eigenvalue weighted by Crippen LogP contribution is 2.03. The molecule has 0 N–H and O–H groups in total. The van der Waals surface area contributed by atoms with Crippen molar-refractivity contribution >= 4 is 5.78 Å². The monoisotopic (exact) mass is 226 g/mol. The maximum absolute atomic E-state index is 11.7. The maximum atomic E-state index is 11.7. The second-order valence-electron chi connectivity index (χ2n) is 3.73. The van der Waals surface area contributed by atoms with Crippen molar-refractivity contribution in [3.8, 4) is 0 Å². The number of hydrogen-bond donors (Lipinski definition) is 0. The summed E-state index contributed by atoms with van der Waals surface area (Å²) in [4.78, 5) is 11.7. The Balaban J connectivity index is 2.27. The average molecular weight is 226 g/mol. The fourth-order valence-electron chi connectivity index (χ4n) is 1.44. The van der Waals surface area contributed by atoms with Crippen LogP contribution in [0.1, 0.15) is 29.6 Å². The zero-order valence-corrected chi connectivity index (χ0v) is 10.0. The van der Waals surface area contributed by atoms with Crippen LogP contribution in [0.15, 0.2) is 67.3 Å². The van der Waals surface area contributed by atoms with Crippen LogP contribution in [-0.4, -0.2) is 5.78 Å². The van der Waals surface area contributed by atoms with Crippen LogP contribution in [0.3, 0.4) is 0 Å². The molecule has 0 radical (unpaired) electrons. The molecule has 1 aromatic carbocycles. The van der Waals surface area contributed by atoms with Gasteiger partial charge in [-0.25, -0.2) is 0 Å². The standard InChI is InChI=1S/C16H18O/c1-2-3-4-5-6-7-11-14-16(17)15-12-9-8-10-13-15/h2-4,8-14H,1,5-7H2/b4-3+,14-11+. The molecule has 1 rings (SSSR count). The van der Waals surface area contributed by atoms with E-state index in [4.69, 9.17) is 0 Å². The van der Waals surface area contributed by atoms with E-state index >= 15 is 0 Å². The van der Waals surface area contributed by atoms with E-state index in [-0.39, 0.29) is 5.78 Å². The molecule has 0 aromatic heterocycles. The molecule has 1 aromatic rings. The smallest absolute Gasteiger partial charge is 0.185 e. The van der Waals surface area contributed by atoms with E-state index in [9.17, 15) is 4.79 Å². The van der Waals surface area contributed by atoms with Crippen LogP contribution in [0.2, 0.25) is 0 Å². The molecule has 1 heteroatoms. The Morgan fingerprint density at radius 3 is 2.53 bits per heavy atom. The quantitative estimate of drug-likeness (QED) is 0.292. The van der Waals surface area contributed by atoms with Crippen LogP contribution in [0.5, 0.6) is 0 Å². The summed E-state index contributed by atoms with van der Waals surface area (Å²) in [6.45, 7) is 3.61. The highest BCUT2D eigenvalue weighted by molar-refractivity contribution is 6.04. The molecule has 0 spiro atoms. The molecule has 0 aliphatic carbocycles. The Labute approximate surface area is 103 Å². The van der Waals surface area contributed by atoms with Crippen molar-refractivity contribution in [2.24, 2.45) is 0 Å². The number of unbranched alkanes of at least 4 members (excludes halogenated alkanes) is 2. The summed E-state index contributed by atoms with van der Waals surface area (Å²) in [6, 6.07) is 9.33. The molecule has 0 aliphatic rings. The number of carbonyl (C=O) groups is 1. The van der Waals surface area contributed by atoms with Gasteiger partial charge in [0, 0.05) is 5.56 Å². The minimum absolute atomic E-state index is 0.0761. The highest BCUT2D eigenvalue weighted by atomic mass is 16.1. The van der Waals surface area contributed by atoms with Crippen LogP contribution >= 0.6 is 0 Å². The van der Waals surface area contributed by atoms with E-state index in [0.717, 1.165) is 24.8 Å². The largest absolute Gasteiger partial charge is 0.289 e. The van der Waals surface area contributed by atoms with Gasteiger partial charge in [-0.1, -0.05) is 61.2 Å². The molecule has 0 bridgehead atoms. The summed E-state index contributed by atoms with van der Waals surface area (Å²) >= 11 is 0. The second kappa shape index (κ2) is 8.28. The van der Waals surface area contributed by atoms with E-state index in [2.05, 4.69) is 12.7 Å². The number of rotatable bonds is 7. The van der Waals surface area contributed by atoms with Crippen molar-refractivity contribution in [2.75, 3.05) is 0 Å². The molecular formula is C16H18O. The SMILES string of the molecule is C=C/C=C/CCC/C=C/C(=O)c1ccccc1. The van der Waals surface area contributed by atoms with Gasteiger partial charge in [0.15, 0.2) is 5.78 Å². The molecule has 1 nitrogen and oxygen atoms in total. The van der Waals surface area contributed by atoms with Crippen LogP contribution < -0.4 is 0 Å². The summed E-state index contributed by atoms with van der Waals surface area (Å²) < 4.78 is 0. The Hall–Kier alpha value is -1.89. The first-order chi connectivity index (χ1) is 8.34. The summed E-state index contributed by atoms with van der Waals surface area (Å²) in [7, 11) is 0. The molecule has 0 fully saturated rings. The van der Waals surface area contributed by atoms with E-state index in [1.165, 1.54) is 0 Å². The minimum atomic E-state index is 0.0761. The molecular weight excluding hydrogens is 208 g/mol. The molecule has 0 atom stereocenters. The number of benzene rings is 1. The number of carbonyl (C=O) groups excluding carboxylic acids is 1. The fourth-order valence-corrected chi connectivity index (χ4v) is 1.44. The molecule has 0 saturated heterocycles. The van der Waals surface area contributed by atoms with Gasteiger partial charge in [-0.3, -0.25) is 4.79 Å². The zero-order valence-electron chi connectivity index (χ0n) is 10.0. The number of hydrogen-bond acceptors (Lipinski definition) is 1. The van der Waals surface area contributed by atoms with Gasteiger partial charge in [0.1, 0.15) is 0 Å². The Morgan fingerprint density at radius 2 is 1.82 bits per heavy atom. The van der Waals surface area contributed by atoms with Crippen molar-refractivity contribution < 1.29 is 4.79 Å². The van der Waals surface area contributed by atoms with Gasteiger partial charge in [0.2, 0.25) is 0 Å². The summed E-state index contributed by atoms with van der Waals surface area (Å²) in [6.07, 6.45) is 12.4. The van der Waals surface area contributed by atoms with Crippen molar-refractivity contribution in [1.29, 1.82) is 0 Å². The van der Waals surface area contributed by atoms with Crippen LogP contribution in [-0.2, 0) is 0 Å².